The van der Waals surface area contributed by atoms with E-state index in [2.05, 4.69) is 17.4 Å². The molecule has 0 bridgehead atoms. The highest BCUT2D eigenvalue weighted by atomic mass is 32.2. The van der Waals surface area contributed by atoms with E-state index in [9.17, 15) is 9.18 Å². The third-order valence-electron chi connectivity index (χ3n) is 5.28. The highest BCUT2D eigenvalue weighted by Crippen LogP contribution is 2.30. The normalized spacial score (nSPS) is 11.0. The van der Waals surface area contributed by atoms with Crippen molar-refractivity contribution in [3.8, 4) is 11.4 Å². The van der Waals surface area contributed by atoms with Gasteiger partial charge in [0.25, 0.3) is 0 Å². The second kappa shape index (κ2) is 9.09. The number of benzene rings is 3. The van der Waals surface area contributed by atoms with Gasteiger partial charge in [-0.15, -0.1) is 0 Å². The summed E-state index contributed by atoms with van der Waals surface area (Å²) in [5.41, 5.74) is 6.69. The van der Waals surface area contributed by atoms with E-state index in [1.807, 2.05) is 45.9 Å². The minimum absolute atomic E-state index is 0.0900. The monoisotopic (exact) mass is 445 g/mol. The Morgan fingerprint density at radius 1 is 0.938 bits per heavy atom. The Labute approximate surface area is 191 Å². The summed E-state index contributed by atoms with van der Waals surface area (Å²) in [7, 11) is 0. The molecule has 0 aliphatic heterocycles. The lowest BCUT2D eigenvalue weighted by Crippen LogP contribution is -2.16. The van der Waals surface area contributed by atoms with E-state index in [0.29, 0.717) is 5.82 Å². The summed E-state index contributed by atoms with van der Waals surface area (Å²) in [5, 5.41) is 4.67. The molecule has 0 radical (unpaired) electrons. The standard InChI is InChI=1S/C26H24FN3OS/c1-15-12-17(3)23(18(4)13-15)28-22(31)14-32-26-21-7-5-6-16(2)24(21)29-25(30-26)19-8-10-20(27)11-9-19/h5-13H,14H2,1-4H3,(H,28,31). The molecule has 1 heterocycles. The Bertz CT molecular complexity index is 1300. The Morgan fingerprint density at radius 3 is 2.31 bits per heavy atom. The quantitative estimate of drug-likeness (QED) is 0.285. The predicted octanol–water partition coefficient (Wildman–Crippen LogP) is 6.40. The van der Waals surface area contributed by atoms with Crippen LogP contribution < -0.4 is 5.32 Å². The van der Waals surface area contributed by atoms with Crippen molar-refractivity contribution in [3.63, 3.8) is 0 Å². The van der Waals surface area contributed by atoms with Gasteiger partial charge in [-0.1, -0.05) is 47.7 Å². The summed E-state index contributed by atoms with van der Waals surface area (Å²) in [5.74, 6) is 0.335. The molecule has 1 N–H and O–H groups in total. The molecule has 4 aromatic rings. The molecule has 0 saturated heterocycles. The van der Waals surface area contributed by atoms with Gasteiger partial charge in [0.15, 0.2) is 5.82 Å². The van der Waals surface area contributed by atoms with Crippen molar-refractivity contribution >= 4 is 34.3 Å². The van der Waals surface area contributed by atoms with Crippen LogP contribution in [0, 0.1) is 33.5 Å². The maximum Gasteiger partial charge on any atom is 0.234 e. The molecule has 32 heavy (non-hydrogen) atoms. The number of para-hydroxylation sites is 1. The van der Waals surface area contributed by atoms with Gasteiger partial charge in [-0.3, -0.25) is 4.79 Å². The van der Waals surface area contributed by atoms with Crippen molar-refractivity contribution in [1.82, 2.24) is 9.97 Å². The van der Waals surface area contributed by atoms with Crippen molar-refractivity contribution in [2.24, 2.45) is 0 Å². The van der Waals surface area contributed by atoms with Gasteiger partial charge in [0.05, 0.1) is 11.3 Å². The summed E-state index contributed by atoms with van der Waals surface area (Å²) >= 11 is 1.38. The molecule has 0 fully saturated rings. The number of aromatic nitrogens is 2. The molecule has 0 aliphatic carbocycles. The lowest BCUT2D eigenvalue weighted by molar-refractivity contribution is -0.113. The zero-order valence-corrected chi connectivity index (χ0v) is 19.3. The fraction of sp³-hybridized carbons (Fsp3) is 0.192. The van der Waals surface area contributed by atoms with Gasteiger partial charge in [0.2, 0.25) is 5.91 Å². The molecule has 4 nitrogen and oxygen atoms in total. The van der Waals surface area contributed by atoms with Crippen LogP contribution in [0.3, 0.4) is 0 Å². The van der Waals surface area contributed by atoms with E-state index in [-0.39, 0.29) is 17.5 Å². The first kappa shape index (κ1) is 22.0. The first-order valence-corrected chi connectivity index (χ1v) is 11.3. The van der Waals surface area contributed by atoms with Gasteiger partial charge < -0.3 is 5.32 Å². The highest BCUT2D eigenvalue weighted by Gasteiger charge is 2.14. The number of halogens is 1. The summed E-state index contributed by atoms with van der Waals surface area (Å²) in [4.78, 5) is 22.2. The largest absolute Gasteiger partial charge is 0.325 e. The van der Waals surface area contributed by atoms with Crippen molar-refractivity contribution < 1.29 is 9.18 Å². The molecule has 0 spiro atoms. The third kappa shape index (κ3) is 4.65. The Kier molecular flexibility index (Phi) is 6.24. The van der Waals surface area contributed by atoms with Crippen LogP contribution in [0.2, 0.25) is 0 Å². The molecule has 0 atom stereocenters. The average molecular weight is 446 g/mol. The zero-order valence-electron chi connectivity index (χ0n) is 18.5. The van der Waals surface area contributed by atoms with Crippen LogP contribution in [0.5, 0.6) is 0 Å². The second-order valence-electron chi connectivity index (χ2n) is 7.94. The van der Waals surface area contributed by atoms with E-state index in [0.717, 1.165) is 43.9 Å². The fourth-order valence-electron chi connectivity index (χ4n) is 3.79. The summed E-state index contributed by atoms with van der Waals surface area (Å²) in [6, 6.07) is 16.2. The van der Waals surface area contributed by atoms with Crippen LogP contribution in [0.15, 0.2) is 59.6 Å². The van der Waals surface area contributed by atoms with E-state index in [4.69, 9.17) is 9.97 Å². The maximum atomic E-state index is 13.4. The Balaban J connectivity index is 1.63. The fourth-order valence-corrected chi connectivity index (χ4v) is 4.60. The van der Waals surface area contributed by atoms with Crippen LogP contribution >= 0.6 is 11.8 Å². The molecule has 1 aromatic heterocycles. The number of thioether (sulfide) groups is 1. The van der Waals surface area contributed by atoms with E-state index >= 15 is 0 Å². The lowest BCUT2D eigenvalue weighted by Gasteiger charge is -2.13. The third-order valence-corrected chi connectivity index (χ3v) is 6.27. The highest BCUT2D eigenvalue weighted by molar-refractivity contribution is 8.00. The van der Waals surface area contributed by atoms with Crippen LogP contribution in [0.25, 0.3) is 22.3 Å². The van der Waals surface area contributed by atoms with Crippen molar-refractivity contribution in [2.45, 2.75) is 32.7 Å². The zero-order chi connectivity index (χ0) is 22.8. The van der Waals surface area contributed by atoms with Crippen LogP contribution in [0.1, 0.15) is 22.3 Å². The number of nitrogens with zero attached hydrogens (tertiary/aromatic N) is 2. The molecule has 0 saturated carbocycles. The summed E-state index contributed by atoms with van der Waals surface area (Å²) < 4.78 is 13.4. The van der Waals surface area contributed by atoms with Crippen LogP contribution in [-0.4, -0.2) is 21.6 Å². The minimum atomic E-state index is -0.307. The number of aryl methyl sites for hydroxylation is 4. The van der Waals surface area contributed by atoms with Gasteiger partial charge >= 0.3 is 0 Å². The molecule has 0 aliphatic rings. The van der Waals surface area contributed by atoms with Crippen molar-refractivity contribution in [1.29, 1.82) is 0 Å². The van der Waals surface area contributed by atoms with Gasteiger partial charge in [0, 0.05) is 16.6 Å². The smallest absolute Gasteiger partial charge is 0.234 e. The molecular formula is C26H24FN3OS. The number of anilines is 1. The second-order valence-corrected chi connectivity index (χ2v) is 8.90. The van der Waals surface area contributed by atoms with Gasteiger partial charge in [-0.05, 0) is 68.7 Å². The number of fused-ring (bicyclic) bond motifs is 1. The SMILES string of the molecule is Cc1cc(C)c(NC(=O)CSc2nc(-c3ccc(F)cc3)nc3c(C)cccc23)c(C)c1. The first-order valence-electron chi connectivity index (χ1n) is 10.4. The van der Waals surface area contributed by atoms with Crippen molar-refractivity contribution in [3.05, 3.63) is 82.7 Å². The molecule has 4 rings (SSSR count). The molecular weight excluding hydrogens is 421 g/mol. The average Bonchev–Trinajstić information content (AvgIpc) is 2.75. The molecule has 6 heteroatoms. The molecule has 3 aromatic carbocycles. The molecule has 162 valence electrons. The van der Waals surface area contributed by atoms with E-state index < -0.39 is 0 Å². The van der Waals surface area contributed by atoms with Gasteiger partial charge in [0.1, 0.15) is 10.8 Å². The van der Waals surface area contributed by atoms with Gasteiger partial charge in [-0.2, -0.15) is 0 Å². The number of hydrogen-bond acceptors (Lipinski definition) is 4. The van der Waals surface area contributed by atoms with Crippen molar-refractivity contribution in [2.75, 3.05) is 11.1 Å². The minimum Gasteiger partial charge on any atom is -0.325 e. The van der Waals surface area contributed by atoms with E-state index in [1.165, 1.54) is 29.5 Å². The summed E-state index contributed by atoms with van der Waals surface area (Å²) in [6.45, 7) is 8.03. The lowest BCUT2D eigenvalue weighted by atomic mass is 10.1. The number of nitrogens with one attached hydrogen (secondary N) is 1. The molecule has 1 amide bonds. The van der Waals surface area contributed by atoms with E-state index in [1.54, 1.807) is 12.1 Å². The number of hydrogen-bond donors (Lipinski definition) is 1. The number of amides is 1. The molecule has 0 unspecified atom stereocenters. The number of carbonyl (C=O) groups excluding carboxylic acids is 1. The summed E-state index contributed by atoms with van der Waals surface area (Å²) in [6.07, 6.45) is 0. The topological polar surface area (TPSA) is 54.9 Å². The van der Waals surface area contributed by atoms with Crippen LogP contribution in [-0.2, 0) is 4.79 Å². The van der Waals surface area contributed by atoms with Crippen LogP contribution in [0.4, 0.5) is 10.1 Å². The number of rotatable bonds is 5. The number of carbonyl (C=O) groups is 1. The predicted molar refractivity (Wildman–Crippen MR) is 130 cm³/mol. The Morgan fingerprint density at radius 2 is 1.62 bits per heavy atom. The maximum absolute atomic E-state index is 13.4. The first-order chi connectivity index (χ1) is 15.3. The Hall–Kier alpha value is -3.25. The van der Waals surface area contributed by atoms with Gasteiger partial charge in [-0.25, -0.2) is 14.4 Å².